The van der Waals surface area contributed by atoms with E-state index in [-0.39, 0.29) is 18.7 Å². The number of ether oxygens (including phenoxy) is 1. The number of hydrogen-bond acceptors (Lipinski definition) is 6. The number of amides is 1. The van der Waals surface area contributed by atoms with Gasteiger partial charge in [-0.2, -0.15) is 5.26 Å². The average Bonchev–Trinajstić information content (AvgIpc) is 2.59. The number of hydrogen-bond donors (Lipinski definition) is 0. The predicted molar refractivity (Wildman–Crippen MR) is 94.9 cm³/mol. The number of anilines is 1. The van der Waals surface area contributed by atoms with E-state index in [1.807, 2.05) is 38.1 Å². The van der Waals surface area contributed by atoms with Crippen LogP contribution < -0.4 is 9.64 Å². The molecule has 0 saturated carbocycles. The molecule has 0 saturated heterocycles. The van der Waals surface area contributed by atoms with Gasteiger partial charge in [-0.1, -0.05) is 6.07 Å². The van der Waals surface area contributed by atoms with Crippen molar-refractivity contribution in [3.8, 4) is 11.8 Å². The van der Waals surface area contributed by atoms with Crippen molar-refractivity contribution in [2.75, 3.05) is 18.1 Å². The molecule has 0 aliphatic carbocycles. The molecule has 134 valence electrons. The molecule has 1 aromatic carbocycles. The maximum absolute atomic E-state index is 12.6. The fraction of sp³-hybridized carbons (Fsp3) is 0.278. The molecule has 0 aliphatic rings. The van der Waals surface area contributed by atoms with Gasteiger partial charge in [-0.3, -0.25) is 4.79 Å². The van der Waals surface area contributed by atoms with Crippen LogP contribution in [0.15, 0.2) is 36.5 Å². The number of carbonyl (C=O) groups excluding carboxylic acids is 1. The van der Waals surface area contributed by atoms with Gasteiger partial charge in [0, 0.05) is 12.2 Å². The first-order valence-electron chi connectivity index (χ1n) is 7.90. The second-order valence-electron chi connectivity index (χ2n) is 5.67. The number of benzene rings is 1. The second kappa shape index (κ2) is 8.58. The molecule has 8 heteroatoms. The predicted octanol–water partition coefficient (Wildman–Crippen LogP) is 2.93. The van der Waals surface area contributed by atoms with Crippen molar-refractivity contribution in [3.63, 3.8) is 0 Å². The molecule has 26 heavy (non-hydrogen) atoms. The Morgan fingerprint density at radius 1 is 1.35 bits per heavy atom. The summed E-state index contributed by atoms with van der Waals surface area (Å²) < 4.78 is 5.32. The zero-order valence-corrected chi connectivity index (χ0v) is 14.5. The molecule has 8 nitrogen and oxygen atoms in total. The number of aryl methyl sites for hydroxylation is 2. The summed E-state index contributed by atoms with van der Waals surface area (Å²) in [5.74, 6) is -0.926. The summed E-state index contributed by atoms with van der Waals surface area (Å²) in [6.45, 7) is 3.64. The zero-order valence-electron chi connectivity index (χ0n) is 14.5. The fourth-order valence-electron chi connectivity index (χ4n) is 2.52. The summed E-state index contributed by atoms with van der Waals surface area (Å²) in [6.07, 6.45) is 1.44. The Hall–Kier alpha value is -3.47. The molecule has 0 bridgehead atoms. The second-order valence-corrected chi connectivity index (χ2v) is 5.67. The molecule has 0 atom stereocenters. The van der Waals surface area contributed by atoms with Gasteiger partial charge in [-0.25, -0.2) is 0 Å². The molecular formula is C18H18N4O4. The first kappa shape index (κ1) is 18.9. The highest BCUT2D eigenvalue weighted by Crippen LogP contribution is 2.24. The Morgan fingerprint density at radius 3 is 2.65 bits per heavy atom. The number of pyridine rings is 1. The first-order valence-corrected chi connectivity index (χ1v) is 7.90. The molecule has 0 unspecified atom stereocenters. The van der Waals surface area contributed by atoms with Crippen molar-refractivity contribution in [2.24, 2.45) is 0 Å². The average molecular weight is 354 g/mol. The van der Waals surface area contributed by atoms with Gasteiger partial charge in [-0.15, -0.1) is 0 Å². The summed E-state index contributed by atoms with van der Waals surface area (Å²) in [4.78, 5) is 28.0. The number of nitriles is 1. The minimum Gasteiger partial charge on any atom is -0.476 e. The van der Waals surface area contributed by atoms with Crippen LogP contribution in [0.3, 0.4) is 0 Å². The summed E-state index contributed by atoms with van der Waals surface area (Å²) in [7, 11) is 0. The topological polar surface area (TPSA) is 109 Å². The molecule has 1 heterocycles. The van der Waals surface area contributed by atoms with Gasteiger partial charge in [0.05, 0.1) is 12.5 Å². The van der Waals surface area contributed by atoms with Crippen LogP contribution in [0.5, 0.6) is 5.75 Å². The third-order valence-corrected chi connectivity index (χ3v) is 3.54. The molecule has 1 amide bonds. The van der Waals surface area contributed by atoms with Gasteiger partial charge in [0.15, 0.2) is 6.61 Å². The number of aromatic nitrogens is 1. The number of rotatable bonds is 7. The third-order valence-electron chi connectivity index (χ3n) is 3.54. The van der Waals surface area contributed by atoms with Gasteiger partial charge < -0.3 is 19.8 Å². The maximum atomic E-state index is 12.6. The lowest BCUT2D eigenvalue weighted by Crippen LogP contribution is -2.36. The molecule has 0 N–H and O–H groups in total. The van der Waals surface area contributed by atoms with Crippen molar-refractivity contribution >= 4 is 17.4 Å². The maximum Gasteiger partial charge on any atom is 0.406 e. The van der Waals surface area contributed by atoms with Crippen LogP contribution in [-0.2, 0) is 4.79 Å². The number of nitro groups is 1. The van der Waals surface area contributed by atoms with E-state index in [1.54, 1.807) is 0 Å². The first-order chi connectivity index (χ1) is 12.4. The molecule has 1 aromatic heterocycles. The Balaban J connectivity index is 2.20. The van der Waals surface area contributed by atoms with Crippen molar-refractivity contribution in [3.05, 3.63) is 57.8 Å². The number of carbonyl (C=O) groups is 1. The largest absolute Gasteiger partial charge is 0.476 e. The van der Waals surface area contributed by atoms with E-state index < -0.39 is 23.3 Å². The van der Waals surface area contributed by atoms with Crippen LogP contribution in [0.1, 0.15) is 17.5 Å². The zero-order chi connectivity index (χ0) is 19.1. The Bertz CT molecular complexity index is 840. The van der Waals surface area contributed by atoms with Gasteiger partial charge in [0.25, 0.3) is 5.91 Å². The van der Waals surface area contributed by atoms with E-state index in [9.17, 15) is 14.9 Å². The quantitative estimate of drug-likeness (QED) is 0.558. The molecular weight excluding hydrogens is 336 g/mol. The van der Waals surface area contributed by atoms with E-state index in [0.717, 1.165) is 11.1 Å². The summed E-state index contributed by atoms with van der Waals surface area (Å²) >= 11 is 0. The molecule has 0 fully saturated rings. The van der Waals surface area contributed by atoms with Crippen LogP contribution in [0, 0.1) is 35.3 Å². The van der Waals surface area contributed by atoms with Crippen LogP contribution in [0.4, 0.5) is 11.5 Å². The summed E-state index contributed by atoms with van der Waals surface area (Å²) in [5.41, 5.74) is 2.63. The molecule has 0 aliphatic heterocycles. The van der Waals surface area contributed by atoms with Gasteiger partial charge in [0.1, 0.15) is 6.20 Å². The van der Waals surface area contributed by atoms with E-state index in [2.05, 4.69) is 4.98 Å². The Morgan fingerprint density at radius 2 is 2.04 bits per heavy atom. The molecule has 0 radical (unpaired) electrons. The van der Waals surface area contributed by atoms with Crippen LogP contribution >= 0.6 is 0 Å². The lowest BCUT2D eigenvalue weighted by Gasteiger charge is -2.22. The third kappa shape index (κ3) is 4.77. The van der Waals surface area contributed by atoms with Crippen molar-refractivity contribution < 1.29 is 14.5 Å². The molecule has 2 aromatic rings. The van der Waals surface area contributed by atoms with Gasteiger partial charge in [-0.05, 0) is 59.1 Å². The van der Waals surface area contributed by atoms with E-state index >= 15 is 0 Å². The normalized spacial score (nSPS) is 10.0. The Labute approximate surface area is 150 Å². The monoisotopic (exact) mass is 354 g/mol. The number of nitrogens with zero attached hydrogens (tertiary/aromatic N) is 4. The lowest BCUT2D eigenvalue weighted by molar-refractivity contribution is -0.390. The van der Waals surface area contributed by atoms with Crippen molar-refractivity contribution in [1.82, 2.24) is 4.98 Å². The summed E-state index contributed by atoms with van der Waals surface area (Å²) in [5, 5.41) is 19.8. The molecule has 0 spiro atoms. The minimum atomic E-state index is -0.669. The fourth-order valence-corrected chi connectivity index (χ4v) is 2.52. The van der Waals surface area contributed by atoms with Crippen molar-refractivity contribution in [1.29, 1.82) is 5.26 Å². The van der Waals surface area contributed by atoms with E-state index in [0.29, 0.717) is 5.69 Å². The standard InChI is InChI=1S/C18H18N4O4/c1-13-9-14(2)11-15(10-13)21(8-4-6-19)17(23)12-26-16-5-3-7-20-18(16)22(24)25/h3,5,7,9-11H,4,8,12H2,1-2H3. The minimum absolute atomic E-state index is 0.0773. The van der Waals surface area contributed by atoms with Crippen LogP contribution in [-0.4, -0.2) is 29.0 Å². The van der Waals surface area contributed by atoms with Crippen LogP contribution in [0.25, 0.3) is 0 Å². The SMILES string of the molecule is Cc1cc(C)cc(N(CCC#N)C(=O)COc2cccnc2[N+](=O)[O-])c1. The van der Waals surface area contributed by atoms with Crippen LogP contribution in [0.2, 0.25) is 0 Å². The highest BCUT2D eigenvalue weighted by molar-refractivity contribution is 5.94. The van der Waals surface area contributed by atoms with Crippen molar-refractivity contribution in [2.45, 2.75) is 20.3 Å². The summed E-state index contributed by atoms with van der Waals surface area (Å²) in [6, 6.07) is 10.6. The smallest absolute Gasteiger partial charge is 0.406 e. The van der Waals surface area contributed by atoms with E-state index in [1.165, 1.54) is 23.2 Å². The highest BCUT2D eigenvalue weighted by atomic mass is 16.6. The highest BCUT2D eigenvalue weighted by Gasteiger charge is 2.20. The van der Waals surface area contributed by atoms with E-state index in [4.69, 9.17) is 10.00 Å². The van der Waals surface area contributed by atoms with Gasteiger partial charge in [0.2, 0.25) is 5.75 Å². The lowest BCUT2D eigenvalue weighted by atomic mass is 10.1. The molecule has 2 rings (SSSR count). The van der Waals surface area contributed by atoms with Gasteiger partial charge >= 0.3 is 5.82 Å². The Kier molecular flexibility index (Phi) is 6.22.